The maximum absolute atomic E-state index is 12.1. The summed E-state index contributed by atoms with van der Waals surface area (Å²) in [6.07, 6.45) is 2.52. The fraction of sp³-hybridized carbons (Fsp3) is 0.818. The van der Waals surface area contributed by atoms with Crippen LogP contribution in [0.15, 0.2) is 12.2 Å². The van der Waals surface area contributed by atoms with Crippen molar-refractivity contribution in [3.63, 3.8) is 0 Å². The highest BCUT2D eigenvalue weighted by Gasteiger charge is 2.28. The van der Waals surface area contributed by atoms with Gasteiger partial charge in [-0.2, -0.15) is 13.2 Å². The van der Waals surface area contributed by atoms with Crippen LogP contribution in [0.3, 0.4) is 0 Å². The van der Waals surface area contributed by atoms with Crippen molar-refractivity contribution in [1.29, 1.82) is 0 Å². The van der Waals surface area contributed by atoms with E-state index >= 15 is 0 Å². The number of rotatable bonds is 4. The Kier molecular flexibility index (Phi) is 4.64. The molecule has 88 valence electrons. The van der Waals surface area contributed by atoms with E-state index in [0.717, 1.165) is 19.3 Å². The molecule has 0 saturated heterocycles. The van der Waals surface area contributed by atoms with E-state index in [0.29, 0.717) is 6.54 Å². The molecule has 0 amide bonds. The van der Waals surface area contributed by atoms with Gasteiger partial charge in [0.05, 0.1) is 6.42 Å². The lowest BCUT2D eigenvalue weighted by atomic mass is 10.0. The van der Waals surface area contributed by atoms with Crippen molar-refractivity contribution in [3.05, 3.63) is 12.2 Å². The van der Waals surface area contributed by atoms with Gasteiger partial charge in [-0.25, -0.2) is 0 Å². The Bertz CT molecular complexity index is 210. The number of likely N-dealkylation sites (N-methyl/N-ethyl adjacent to an activating group) is 1. The van der Waals surface area contributed by atoms with E-state index in [1.54, 1.807) is 0 Å². The topological polar surface area (TPSA) is 3.24 Å². The van der Waals surface area contributed by atoms with Gasteiger partial charge in [0, 0.05) is 12.6 Å². The van der Waals surface area contributed by atoms with Gasteiger partial charge in [0.15, 0.2) is 0 Å². The van der Waals surface area contributed by atoms with Crippen molar-refractivity contribution in [2.24, 2.45) is 0 Å². The molecule has 0 radical (unpaired) electrons. The smallest absolute Gasteiger partial charge is 0.297 e. The van der Waals surface area contributed by atoms with Crippen LogP contribution in [0, 0.1) is 0 Å². The molecule has 0 N–H and O–H groups in total. The molecular weight excluding hydrogens is 203 g/mol. The molecule has 1 atom stereocenters. The molecule has 0 unspecified atom stereocenters. The first-order valence-electron chi connectivity index (χ1n) is 5.50. The highest BCUT2D eigenvalue weighted by Crippen LogP contribution is 2.22. The van der Waals surface area contributed by atoms with Crippen molar-refractivity contribution in [1.82, 2.24) is 4.90 Å². The number of nitrogens with zero attached hydrogens (tertiary/aromatic N) is 1. The zero-order valence-corrected chi connectivity index (χ0v) is 9.06. The second-order valence-electron chi connectivity index (χ2n) is 3.92. The summed E-state index contributed by atoms with van der Waals surface area (Å²) in [5.41, 5.74) is 0. The van der Waals surface area contributed by atoms with Crippen molar-refractivity contribution < 1.29 is 13.2 Å². The maximum atomic E-state index is 12.1. The molecular formula is C11H18F3N. The van der Waals surface area contributed by atoms with Gasteiger partial charge in [0.2, 0.25) is 0 Å². The van der Waals surface area contributed by atoms with Crippen LogP contribution in [0.2, 0.25) is 0 Å². The highest BCUT2D eigenvalue weighted by atomic mass is 19.4. The molecule has 1 rings (SSSR count). The van der Waals surface area contributed by atoms with E-state index in [1.165, 1.54) is 0 Å². The summed E-state index contributed by atoms with van der Waals surface area (Å²) in [7, 11) is 0. The molecule has 0 spiro atoms. The van der Waals surface area contributed by atoms with Crippen molar-refractivity contribution in [3.8, 4) is 0 Å². The molecule has 1 nitrogen and oxygen atoms in total. The molecule has 0 bridgehead atoms. The van der Waals surface area contributed by atoms with Crippen LogP contribution in [0.1, 0.15) is 32.6 Å². The molecule has 0 saturated carbocycles. The quantitative estimate of drug-likeness (QED) is 0.658. The van der Waals surface area contributed by atoms with Gasteiger partial charge in [-0.3, -0.25) is 4.90 Å². The monoisotopic (exact) mass is 221 g/mol. The van der Waals surface area contributed by atoms with Crippen LogP contribution >= 0.6 is 0 Å². The third kappa shape index (κ3) is 4.69. The summed E-state index contributed by atoms with van der Waals surface area (Å²) in [5.74, 6) is 0. The average Bonchev–Trinajstić information content (AvgIpc) is 2.19. The van der Waals surface area contributed by atoms with Crippen LogP contribution in [-0.2, 0) is 0 Å². The predicted octanol–water partition coefficient (Wildman–Crippen LogP) is 3.37. The molecule has 4 heteroatoms. The van der Waals surface area contributed by atoms with E-state index in [4.69, 9.17) is 0 Å². The van der Waals surface area contributed by atoms with Gasteiger partial charge >= 0.3 is 6.18 Å². The zero-order chi connectivity index (χ0) is 11.3. The first kappa shape index (κ1) is 12.6. The lowest BCUT2D eigenvalue weighted by Gasteiger charge is -2.30. The van der Waals surface area contributed by atoms with E-state index in [-0.39, 0.29) is 12.6 Å². The van der Waals surface area contributed by atoms with Gasteiger partial charge in [0.1, 0.15) is 0 Å². The van der Waals surface area contributed by atoms with Gasteiger partial charge in [-0.05, 0) is 25.8 Å². The van der Waals surface area contributed by atoms with Crippen LogP contribution < -0.4 is 0 Å². The Morgan fingerprint density at radius 2 is 2.13 bits per heavy atom. The molecule has 0 aliphatic heterocycles. The van der Waals surface area contributed by atoms with Crippen molar-refractivity contribution in [2.45, 2.75) is 44.8 Å². The Morgan fingerprint density at radius 1 is 1.40 bits per heavy atom. The minimum Gasteiger partial charge on any atom is -0.297 e. The number of halogens is 3. The minimum absolute atomic E-state index is 0.120. The first-order valence-corrected chi connectivity index (χ1v) is 5.50. The molecule has 1 aliphatic carbocycles. The van der Waals surface area contributed by atoms with Gasteiger partial charge in [-0.1, -0.05) is 19.1 Å². The molecule has 0 aromatic carbocycles. The second-order valence-corrected chi connectivity index (χ2v) is 3.92. The standard InChI is InChI=1S/C11H18F3N/c1-2-15(9-8-11(12,13)14)10-6-4-3-5-7-10/h4,6,10H,2-3,5,7-9H2,1H3/t10-/m0/s1. The van der Waals surface area contributed by atoms with Crippen molar-refractivity contribution >= 4 is 0 Å². The number of hydrogen-bond acceptors (Lipinski definition) is 1. The molecule has 0 aromatic heterocycles. The highest BCUT2D eigenvalue weighted by molar-refractivity contribution is 4.98. The molecule has 0 heterocycles. The zero-order valence-electron chi connectivity index (χ0n) is 9.06. The lowest BCUT2D eigenvalue weighted by molar-refractivity contribution is -0.138. The normalized spacial score (nSPS) is 22.3. The Labute approximate surface area is 88.9 Å². The minimum atomic E-state index is -4.04. The van der Waals surface area contributed by atoms with Crippen LogP contribution in [0.4, 0.5) is 13.2 Å². The van der Waals surface area contributed by atoms with E-state index in [2.05, 4.69) is 6.08 Å². The molecule has 15 heavy (non-hydrogen) atoms. The van der Waals surface area contributed by atoms with Crippen LogP contribution in [0.5, 0.6) is 0 Å². The fourth-order valence-corrected chi connectivity index (χ4v) is 1.93. The maximum Gasteiger partial charge on any atom is 0.390 e. The van der Waals surface area contributed by atoms with Gasteiger partial charge in [-0.15, -0.1) is 0 Å². The second kappa shape index (κ2) is 5.54. The van der Waals surface area contributed by atoms with Gasteiger partial charge in [0.25, 0.3) is 0 Å². The first-order chi connectivity index (χ1) is 7.03. The number of alkyl halides is 3. The Balaban J connectivity index is 2.41. The summed E-state index contributed by atoms with van der Waals surface area (Å²) < 4.78 is 36.2. The van der Waals surface area contributed by atoms with Crippen LogP contribution in [0.25, 0.3) is 0 Å². The SMILES string of the molecule is CCN(CCC(F)(F)F)[C@H]1C=CCCC1. The summed E-state index contributed by atoms with van der Waals surface area (Å²) in [5, 5.41) is 0. The molecule has 1 aliphatic rings. The van der Waals surface area contributed by atoms with E-state index < -0.39 is 12.6 Å². The fourth-order valence-electron chi connectivity index (χ4n) is 1.93. The Morgan fingerprint density at radius 3 is 2.60 bits per heavy atom. The van der Waals surface area contributed by atoms with Gasteiger partial charge < -0.3 is 0 Å². The number of allylic oxidation sites excluding steroid dienone is 1. The molecule has 0 fully saturated rings. The van der Waals surface area contributed by atoms with E-state index in [1.807, 2.05) is 17.9 Å². The largest absolute Gasteiger partial charge is 0.390 e. The summed E-state index contributed by atoms with van der Waals surface area (Å²) in [6.45, 7) is 2.72. The number of hydrogen-bond donors (Lipinski definition) is 0. The summed E-state index contributed by atoms with van der Waals surface area (Å²) >= 11 is 0. The molecule has 0 aromatic rings. The predicted molar refractivity (Wildman–Crippen MR) is 54.7 cm³/mol. The third-order valence-corrected chi connectivity index (χ3v) is 2.79. The third-order valence-electron chi connectivity index (χ3n) is 2.79. The summed E-state index contributed by atoms with van der Waals surface area (Å²) in [4.78, 5) is 1.91. The van der Waals surface area contributed by atoms with Crippen molar-refractivity contribution in [2.75, 3.05) is 13.1 Å². The Hall–Kier alpha value is -0.510. The van der Waals surface area contributed by atoms with Crippen LogP contribution in [-0.4, -0.2) is 30.2 Å². The average molecular weight is 221 g/mol. The summed E-state index contributed by atoms with van der Waals surface area (Å²) in [6, 6.07) is 0.214. The lowest BCUT2D eigenvalue weighted by Crippen LogP contribution is -2.37. The van der Waals surface area contributed by atoms with E-state index in [9.17, 15) is 13.2 Å².